The van der Waals surface area contributed by atoms with Crippen molar-refractivity contribution in [1.82, 2.24) is 5.32 Å². The molecule has 3 rings (SSSR count). The van der Waals surface area contributed by atoms with Gasteiger partial charge >= 0.3 is 0 Å². The van der Waals surface area contributed by atoms with Crippen molar-refractivity contribution in [3.8, 4) is 5.75 Å². The van der Waals surface area contributed by atoms with Crippen molar-refractivity contribution < 1.29 is 9.53 Å². The third-order valence-electron chi connectivity index (χ3n) is 4.48. The number of carbonyl (C=O) groups excluding carboxylic acids is 1. The van der Waals surface area contributed by atoms with Gasteiger partial charge in [-0.15, -0.1) is 0 Å². The van der Waals surface area contributed by atoms with Gasteiger partial charge in [-0.1, -0.05) is 13.0 Å². The van der Waals surface area contributed by atoms with Gasteiger partial charge in [0.15, 0.2) is 0 Å². The van der Waals surface area contributed by atoms with Gasteiger partial charge in [0.2, 0.25) is 5.91 Å². The Bertz CT molecular complexity index is 510. The second kappa shape index (κ2) is 5.86. The van der Waals surface area contributed by atoms with Crippen LogP contribution in [0.25, 0.3) is 0 Å². The fourth-order valence-electron chi connectivity index (χ4n) is 3.54. The van der Waals surface area contributed by atoms with E-state index in [0.717, 1.165) is 38.2 Å². The van der Waals surface area contributed by atoms with Crippen LogP contribution in [0.4, 0.5) is 0 Å². The minimum absolute atomic E-state index is 0.187. The van der Waals surface area contributed by atoms with Crippen LogP contribution in [0.1, 0.15) is 55.2 Å². The minimum atomic E-state index is 0.187. The molecule has 3 heteroatoms. The molecule has 0 spiro atoms. The molecule has 1 amide bonds. The molecule has 0 radical (unpaired) electrons. The number of nitrogens with one attached hydrogen (secondary N) is 1. The van der Waals surface area contributed by atoms with Crippen molar-refractivity contribution >= 4 is 5.91 Å². The SMILES string of the molecule is CCCC(=O)NCC[C@@H]1CCc2ccc3c(c21)CCO3. The first-order chi connectivity index (χ1) is 9.79. The normalized spacial score (nSPS) is 19.4. The maximum absolute atomic E-state index is 11.5. The quantitative estimate of drug-likeness (QED) is 0.895. The summed E-state index contributed by atoms with van der Waals surface area (Å²) in [6, 6.07) is 4.36. The highest BCUT2D eigenvalue weighted by atomic mass is 16.5. The lowest BCUT2D eigenvalue weighted by Gasteiger charge is -2.15. The zero-order valence-electron chi connectivity index (χ0n) is 12.2. The molecule has 3 nitrogen and oxygen atoms in total. The van der Waals surface area contributed by atoms with Crippen LogP contribution in [0.15, 0.2) is 12.1 Å². The van der Waals surface area contributed by atoms with Gasteiger partial charge in [0.25, 0.3) is 0 Å². The lowest BCUT2D eigenvalue weighted by atomic mass is 9.92. The number of hydrogen-bond donors (Lipinski definition) is 1. The Morgan fingerprint density at radius 2 is 2.30 bits per heavy atom. The van der Waals surface area contributed by atoms with Gasteiger partial charge in [-0.3, -0.25) is 4.79 Å². The van der Waals surface area contributed by atoms with E-state index in [1.807, 2.05) is 6.92 Å². The van der Waals surface area contributed by atoms with Crippen LogP contribution in [0.2, 0.25) is 0 Å². The summed E-state index contributed by atoms with van der Waals surface area (Å²) in [5.74, 6) is 1.88. The van der Waals surface area contributed by atoms with Crippen LogP contribution < -0.4 is 10.1 Å². The predicted molar refractivity (Wildman–Crippen MR) is 79.2 cm³/mol. The Morgan fingerprint density at radius 1 is 1.40 bits per heavy atom. The first-order valence-corrected chi connectivity index (χ1v) is 7.83. The number of benzene rings is 1. The molecule has 0 aromatic heterocycles. The van der Waals surface area contributed by atoms with Gasteiger partial charge in [0.1, 0.15) is 5.75 Å². The van der Waals surface area contributed by atoms with Crippen molar-refractivity contribution in [1.29, 1.82) is 0 Å². The van der Waals surface area contributed by atoms with Gasteiger partial charge in [0, 0.05) is 24.9 Å². The predicted octanol–water partition coefficient (Wildman–Crippen LogP) is 2.96. The molecule has 1 aliphatic carbocycles. The average Bonchev–Trinajstić information content (AvgIpc) is 3.04. The first-order valence-electron chi connectivity index (χ1n) is 7.83. The van der Waals surface area contributed by atoms with Crippen LogP contribution >= 0.6 is 0 Å². The first kappa shape index (κ1) is 13.5. The van der Waals surface area contributed by atoms with Gasteiger partial charge in [-0.2, -0.15) is 0 Å². The number of fused-ring (bicyclic) bond motifs is 3. The molecule has 0 unspecified atom stereocenters. The van der Waals surface area contributed by atoms with Crippen LogP contribution in [-0.4, -0.2) is 19.1 Å². The van der Waals surface area contributed by atoms with E-state index in [0.29, 0.717) is 12.3 Å². The Kier molecular flexibility index (Phi) is 3.95. The van der Waals surface area contributed by atoms with Crippen molar-refractivity contribution in [2.45, 2.75) is 51.4 Å². The van der Waals surface area contributed by atoms with Crippen molar-refractivity contribution in [3.05, 3.63) is 28.8 Å². The molecular formula is C17H23NO2. The highest BCUT2D eigenvalue weighted by molar-refractivity contribution is 5.75. The second-order valence-electron chi connectivity index (χ2n) is 5.84. The molecule has 0 bridgehead atoms. The third kappa shape index (κ3) is 2.54. The molecule has 0 saturated carbocycles. The van der Waals surface area contributed by atoms with E-state index >= 15 is 0 Å². The van der Waals surface area contributed by atoms with Crippen LogP contribution in [0.5, 0.6) is 5.75 Å². The zero-order valence-corrected chi connectivity index (χ0v) is 12.2. The van der Waals surface area contributed by atoms with Gasteiger partial charge in [-0.05, 0) is 48.8 Å². The number of aryl methyl sites for hydroxylation is 1. The third-order valence-corrected chi connectivity index (χ3v) is 4.48. The molecule has 20 heavy (non-hydrogen) atoms. The standard InChI is InChI=1S/C17H23NO2/c1-2-3-16(19)18-10-8-13-5-4-12-6-7-15-14(17(12)13)9-11-20-15/h6-7,13H,2-5,8-11H2,1H3,(H,18,19)/t13-/m0/s1. The largest absolute Gasteiger partial charge is 0.493 e. The summed E-state index contributed by atoms with van der Waals surface area (Å²) in [6.45, 7) is 3.66. The molecule has 1 heterocycles. The number of hydrogen-bond acceptors (Lipinski definition) is 2. The van der Waals surface area contributed by atoms with Crippen molar-refractivity contribution in [2.24, 2.45) is 0 Å². The maximum Gasteiger partial charge on any atom is 0.219 e. The number of carbonyl (C=O) groups is 1. The summed E-state index contributed by atoms with van der Waals surface area (Å²) >= 11 is 0. The molecule has 1 N–H and O–H groups in total. The molecule has 108 valence electrons. The minimum Gasteiger partial charge on any atom is -0.493 e. The summed E-state index contributed by atoms with van der Waals surface area (Å²) in [7, 11) is 0. The summed E-state index contributed by atoms with van der Waals surface area (Å²) in [6.07, 6.45) is 6.06. The Morgan fingerprint density at radius 3 is 3.15 bits per heavy atom. The molecule has 0 saturated heterocycles. The Hall–Kier alpha value is -1.51. The number of ether oxygens (including phenoxy) is 1. The van der Waals surface area contributed by atoms with E-state index in [1.165, 1.54) is 29.5 Å². The van der Waals surface area contributed by atoms with Gasteiger partial charge < -0.3 is 10.1 Å². The topological polar surface area (TPSA) is 38.3 Å². The maximum atomic E-state index is 11.5. The van der Waals surface area contributed by atoms with E-state index < -0.39 is 0 Å². The molecule has 1 aromatic rings. The van der Waals surface area contributed by atoms with Crippen molar-refractivity contribution in [3.63, 3.8) is 0 Å². The lowest BCUT2D eigenvalue weighted by Crippen LogP contribution is -2.24. The molecule has 0 fully saturated rings. The summed E-state index contributed by atoms with van der Waals surface area (Å²) in [5.41, 5.74) is 4.47. The van der Waals surface area contributed by atoms with Gasteiger partial charge in [0.05, 0.1) is 6.61 Å². The zero-order chi connectivity index (χ0) is 13.9. The van der Waals surface area contributed by atoms with Gasteiger partial charge in [-0.25, -0.2) is 0 Å². The summed E-state index contributed by atoms with van der Waals surface area (Å²) in [5, 5.41) is 3.04. The number of amides is 1. The smallest absolute Gasteiger partial charge is 0.219 e. The highest BCUT2D eigenvalue weighted by Gasteiger charge is 2.29. The van der Waals surface area contributed by atoms with Crippen molar-refractivity contribution in [2.75, 3.05) is 13.2 Å². The van der Waals surface area contributed by atoms with E-state index in [9.17, 15) is 4.79 Å². The number of rotatable bonds is 5. The summed E-state index contributed by atoms with van der Waals surface area (Å²) < 4.78 is 5.68. The van der Waals surface area contributed by atoms with E-state index in [2.05, 4.69) is 17.4 Å². The van der Waals surface area contributed by atoms with Crippen LogP contribution in [0, 0.1) is 0 Å². The molecule has 1 aliphatic heterocycles. The van der Waals surface area contributed by atoms with Crippen LogP contribution in [0.3, 0.4) is 0 Å². The highest BCUT2D eigenvalue weighted by Crippen LogP contribution is 2.42. The fraction of sp³-hybridized carbons (Fsp3) is 0.588. The lowest BCUT2D eigenvalue weighted by molar-refractivity contribution is -0.121. The molecule has 2 aliphatic rings. The van der Waals surface area contributed by atoms with E-state index in [-0.39, 0.29) is 5.91 Å². The molecule has 1 aromatic carbocycles. The monoisotopic (exact) mass is 273 g/mol. The molecular weight excluding hydrogens is 250 g/mol. The molecule has 1 atom stereocenters. The second-order valence-corrected chi connectivity index (χ2v) is 5.84. The summed E-state index contributed by atoms with van der Waals surface area (Å²) in [4.78, 5) is 11.5. The Labute approximate surface area is 120 Å². The Balaban J connectivity index is 1.64. The average molecular weight is 273 g/mol. The fourth-order valence-corrected chi connectivity index (χ4v) is 3.54. The van der Waals surface area contributed by atoms with E-state index in [4.69, 9.17) is 4.74 Å². The van der Waals surface area contributed by atoms with E-state index in [1.54, 1.807) is 0 Å². The van der Waals surface area contributed by atoms with Crippen LogP contribution in [-0.2, 0) is 17.6 Å².